The number of ether oxygens (including phenoxy) is 1. The van der Waals surface area contributed by atoms with E-state index in [2.05, 4.69) is 5.32 Å². The third kappa shape index (κ3) is 7.87. The van der Waals surface area contributed by atoms with Crippen molar-refractivity contribution in [1.82, 2.24) is 10.3 Å². The number of hydrazine groups is 1. The minimum atomic E-state index is -1.29. The lowest BCUT2D eigenvalue weighted by molar-refractivity contribution is -0.629. The van der Waals surface area contributed by atoms with Crippen LogP contribution in [0.5, 0.6) is 0 Å². The van der Waals surface area contributed by atoms with E-state index in [-0.39, 0.29) is 19.4 Å². The normalized spacial score (nSPS) is 12.1. The molecule has 1 atom stereocenters. The second-order valence-electron chi connectivity index (χ2n) is 5.43. The molecule has 0 aromatic rings. The lowest BCUT2D eigenvalue weighted by Gasteiger charge is -2.22. The first-order valence-electron chi connectivity index (χ1n) is 6.42. The smallest absolute Gasteiger partial charge is 0.408 e. The van der Waals surface area contributed by atoms with Gasteiger partial charge in [0.1, 0.15) is 11.6 Å². The van der Waals surface area contributed by atoms with Gasteiger partial charge in [0, 0.05) is 0 Å². The highest BCUT2D eigenvalue weighted by Crippen LogP contribution is 2.08. The Kier molecular flexibility index (Phi) is 7.06. The number of alkyl carbamates (subject to hydrolysis) is 1. The Morgan fingerprint density at radius 1 is 1.50 bits per heavy atom. The van der Waals surface area contributed by atoms with E-state index in [0.29, 0.717) is 5.01 Å². The number of nitrogens with two attached hydrogens (primary N) is 1. The highest BCUT2D eigenvalue weighted by molar-refractivity contribution is 5.80. The SMILES string of the molecule is CC(C)(C)OC(=O)NC(CCCN(C(=N)N)[N+](=O)[O-])C(=O)O. The topological polar surface area (TPSA) is 172 Å². The van der Waals surface area contributed by atoms with Crippen LogP contribution in [0.4, 0.5) is 4.79 Å². The third-order valence-corrected chi connectivity index (χ3v) is 2.33. The Balaban J connectivity index is 4.49. The van der Waals surface area contributed by atoms with E-state index in [1.54, 1.807) is 20.8 Å². The predicted octanol–water partition coefficient (Wildman–Crippen LogP) is 0.132. The summed E-state index contributed by atoms with van der Waals surface area (Å²) >= 11 is 0. The van der Waals surface area contributed by atoms with Gasteiger partial charge in [-0.25, -0.2) is 19.7 Å². The van der Waals surface area contributed by atoms with Crippen molar-refractivity contribution < 1.29 is 24.5 Å². The average Bonchev–Trinajstić information content (AvgIpc) is 2.29. The molecule has 0 rings (SSSR count). The lowest BCUT2D eigenvalue weighted by Crippen LogP contribution is -2.45. The van der Waals surface area contributed by atoms with E-state index >= 15 is 0 Å². The van der Waals surface area contributed by atoms with Gasteiger partial charge in [-0.1, -0.05) is 5.01 Å². The molecular formula is C11H21N5O6. The number of carbonyl (C=O) groups excluding carboxylic acids is 1. The quantitative estimate of drug-likeness (QED) is 0.222. The number of rotatable bonds is 7. The van der Waals surface area contributed by atoms with E-state index in [1.165, 1.54) is 0 Å². The van der Waals surface area contributed by atoms with Crippen molar-refractivity contribution in [3.8, 4) is 0 Å². The number of carbonyl (C=O) groups is 2. The van der Waals surface area contributed by atoms with Crippen LogP contribution >= 0.6 is 0 Å². The van der Waals surface area contributed by atoms with Crippen molar-refractivity contribution >= 4 is 18.0 Å². The molecule has 5 N–H and O–H groups in total. The van der Waals surface area contributed by atoms with Gasteiger partial charge in [0.15, 0.2) is 5.03 Å². The van der Waals surface area contributed by atoms with Gasteiger partial charge < -0.3 is 20.9 Å². The molecule has 0 saturated heterocycles. The van der Waals surface area contributed by atoms with Crippen LogP contribution < -0.4 is 11.1 Å². The average molecular weight is 319 g/mol. The van der Waals surface area contributed by atoms with Crippen LogP contribution in [0.15, 0.2) is 0 Å². The summed E-state index contributed by atoms with van der Waals surface area (Å²) in [7, 11) is 0. The van der Waals surface area contributed by atoms with Gasteiger partial charge in [0.2, 0.25) is 0 Å². The van der Waals surface area contributed by atoms with Crippen molar-refractivity contribution in [2.24, 2.45) is 5.73 Å². The summed E-state index contributed by atoms with van der Waals surface area (Å²) in [5.41, 5.74) is 4.25. The number of carboxylic acid groups (broad SMARTS) is 1. The molecule has 0 aromatic heterocycles. The highest BCUT2D eigenvalue weighted by Gasteiger charge is 2.25. The van der Waals surface area contributed by atoms with Crippen molar-refractivity contribution in [1.29, 1.82) is 5.41 Å². The Hall–Kier alpha value is -2.59. The van der Waals surface area contributed by atoms with Gasteiger partial charge in [-0.15, -0.1) is 0 Å². The van der Waals surface area contributed by atoms with Crippen molar-refractivity contribution in [3.05, 3.63) is 10.1 Å². The molecule has 11 nitrogen and oxygen atoms in total. The number of hydrogen-bond acceptors (Lipinski definition) is 6. The van der Waals surface area contributed by atoms with Gasteiger partial charge in [0.25, 0.3) is 5.96 Å². The Bertz CT molecular complexity index is 433. The predicted molar refractivity (Wildman–Crippen MR) is 75.6 cm³/mol. The van der Waals surface area contributed by atoms with Crippen LogP contribution in [0.3, 0.4) is 0 Å². The molecule has 0 aliphatic carbocycles. The molecule has 0 bridgehead atoms. The summed E-state index contributed by atoms with van der Waals surface area (Å²) in [5.74, 6) is -2.04. The molecule has 11 heteroatoms. The summed E-state index contributed by atoms with van der Waals surface area (Å²) in [6, 6.07) is -1.25. The van der Waals surface area contributed by atoms with E-state index in [4.69, 9.17) is 21.0 Å². The molecule has 0 aromatic carbocycles. The number of carboxylic acids is 1. The van der Waals surface area contributed by atoms with Crippen LogP contribution in [0.25, 0.3) is 0 Å². The van der Waals surface area contributed by atoms with E-state index in [0.717, 1.165) is 0 Å². The molecule has 0 spiro atoms. The van der Waals surface area contributed by atoms with Crippen LogP contribution in [-0.4, -0.2) is 51.4 Å². The van der Waals surface area contributed by atoms with Gasteiger partial charge in [0.05, 0.1) is 6.54 Å². The second-order valence-corrected chi connectivity index (χ2v) is 5.43. The highest BCUT2D eigenvalue weighted by atomic mass is 16.7. The summed E-state index contributed by atoms with van der Waals surface area (Å²) in [5, 5.41) is 28.3. The number of aliphatic carboxylic acids is 1. The zero-order chi connectivity index (χ0) is 17.5. The summed E-state index contributed by atoms with van der Waals surface area (Å²) in [6.45, 7) is 4.64. The molecule has 0 aliphatic rings. The van der Waals surface area contributed by atoms with Gasteiger partial charge in [-0.05, 0) is 33.6 Å². The van der Waals surface area contributed by atoms with Gasteiger partial charge in [-0.3, -0.25) is 5.41 Å². The molecule has 126 valence electrons. The van der Waals surface area contributed by atoms with Gasteiger partial charge >= 0.3 is 12.1 Å². The minimum Gasteiger partial charge on any atom is -0.480 e. The van der Waals surface area contributed by atoms with Crippen LogP contribution in [-0.2, 0) is 9.53 Å². The van der Waals surface area contributed by atoms with Crippen LogP contribution in [0.2, 0.25) is 0 Å². The van der Waals surface area contributed by atoms with Crippen LogP contribution in [0.1, 0.15) is 33.6 Å². The molecule has 0 saturated carbocycles. The largest absolute Gasteiger partial charge is 0.480 e. The number of hydrogen-bond donors (Lipinski definition) is 4. The first-order valence-corrected chi connectivity index (χ1v) is 6.42. The molecule has 0 fully saturated rings. The van der Waals surface area contributed by atoms with Gasteiger partial charge in [-0.2, -0.15) is 0 Å². The Morgan fingerprint density at radius 2 is 2.05 bits per heavy atom. The Morgan fingerprint density at radius 3 is 2.41 bits per heavy atom. The fraction of sp³-hybridized carbons (Fsp3) is 0.727. The standard InChI is InChI=1S/C11H21N5O6/c1-11(2,3)22-10(19)14-7(8(17)18)5-4-6-15(9(12)13)16(20)21/h7H,4-6H2,1-3H3,(H3,12,13)(H,14,19)(H,17,18). The molecule has 0 heterocycles. The molecule has 0 aliphatic heterocycles. The maximum absolute atomic E-state index is 11.5. The maximum atomic E-state index is 11.5. The maximum Gasteiger partial charge on any atom is 0.408 e. The zero-order valence-corrected chi connectivity index (χ0v) is 12.7. The zero-order valence-electron chi connectivity index (χ0n) is 12.7. The number of nitrogens with one attached hydrogen (secondary N) is 2. The fourth-order valence-electron chi connectivity index (χ4n) is 1.44. The molecule has 22 heavy (non-hydrogen) atoms. The Labute approximate surface area is 127 Å². The number of nitrogens with zero attached hydrogens (tertiary/aromatic N) is 2. The van der Waals surface area contributed by atoms with E-state index in [9.17, 15) is 19.7 Å². The van der Waals surface area contributed by atoms with Crippen LogP contribution in [0, 0.1) is 15.5 Å². The first kappa shape index (κ1) is 19.4. The monoisotopic (exact) mass is 319 g/mol. The lowest BCUT2D eigenvalue weighted by atomic mass is 10.1. The summed E-state index contributed by atoms with van der Waals surface area (Å²) < 4.78 is 4.94. The summed E-state index contributed by atoms with van der Waals surface area (Å²) in [6.07, 6.45) is -0.933. The second kappa shape index (κ2) is 8.00. The summed E-state index contributed by atoms with van der Waals surface area (Å²) in [4.78, 5) is 33.2. The minimum absolute atomic E-state index is 0.0350. The molecule has 1 amide bonds. The van der Waals surface area contributed by atoms with E-state index < -0.39 is 34.7 Å². The van der Waals surface area contributed by atoms with E-state index in [1.807, 2.05) is 0 Å². The molecule has 1 unspecified atom stereocenters. The third-order valence-electron chi connectivity index (χ3n) is 2.33. The fourth-order valence-corrected chi connectivity index (χ4v) is 1.44. The molecule has 0 radical (unpaired) electrons. The first-order chi connectivity index (χ1) is 9.94. The van der Waals surface area contributed by atoms with Crippen molar-refractivity contribution in [2.45, 2.75) is 45.3 Å². The molecular weight excluding hydrogens is 298 g/mol. The number of guanidine groups is 1. The van der Waals surface area contributed by atoms with Crippen molar-refractivity contribution in [3.63, 3.8) is 0 Å². The van der Waals surface area contributed by atoms with Crippen molar-refractivity contribution in [2.75, 3.05) is 6.54 Å². The number of amides is 1. The number of nitro groups is 1.